The Morgan fingerprint density at radius 1 is 1.18 bits per heavy atom. The molecule has 0 saturated carbocycles. The highest BCUT2D eigenvalue weighted by Crippen LogP contribution is 2.34. The van der Waals surface area contributed by atoms with Crippen LogP contribution in [0, 0.1) is 5.92 Å². The fourth-order valence-corrected chi connectivity index (χ4v) is 4.50. The second kappa shape index (κ2) is 9.24. The zero-order valence-electron chi connectivity index (χ0n) is 14.0. The number of hydrogen-bond acceptors (Lipinski definition) is 2. The molecule has 1 heterocycles. The van der Waals surface area contributed by atoms with Gasteiger partial charge in [-0.1, -0.05) is 57.0 Å². The van der Waals surface area contributed by atoms with Gasteiger partial charge in [-0.3, -0.25) is 4.79 Å². The summed E-state index contributed by atoms with van der Waals surface area (Å²) in [4.78, 5) is 14.9. The lowest BCUT2D eigenvalue weighted by molar-refractivity contribution is -0.135. The van der Waals surface area contributed by atoms with Gasteiger partial charge in [0.15, 0.2) is 0 Å². The maximum atomic E-state index is 12.8. The number of carbonyl (C=O) groups is 1. The van der Waals surface area contributed by atoms with Gasteiger partial charge in [-0.15, -0.1) is 0 Å². The first kappa shape index (κ1) is 17.4. The van der Waals surface area contributed by atoms with Crippen molar-refractivity contribution >= 4 is 17.7 Å². The summed E-state index contributed by atoms with van der Waals surface area (Å²) in [6.07, 6.45) is 5.36. The van der Waals surface area contributed by atoms with Gasteiger partial charge < -0.3 is 4.90 Å². The van der Waals surface area contributed by atoms with Crippen molar-refractivity contribution in [3.8, 4) is 0 Å². The van der Waals surface area contributed by atoms with E-state index < -0.39 is 0 Å². The highest BCUT2D eigenvalue weighted by Gasteiger charge is 2.26. The fourth-order valence-electron chi connectivity index (χ4n) is 3.27. The zero-order valence-corrected chi connectivity index (χ0v) is 14.8. The van der Waals surface area contributed by atoms with Crippen LogP contribution in [0.5, 0.6) is 0 Å². The van der Waals surface area contributed by atoms with Gasteiger partial charge in [0, 0.05) is 30.0 Å². The Bertz CT molecular complexity index is 442. The highest BCUT2D eigenvalue weighted by atomic mass is 32.2. The lowest BCUT2D eigenvalue weighted by Gasteiger charge is -2.25. The van der Waals surface area contributed by atoms with E-state index in [0.29, 0.717) is 11.2 Å². The molecule has 1 fully saturated rings. The smallest absolute Gasteiger partial charge is 0.225 e. The lowest BCUT2D eigenvalue weighted by atomic mass is 9.96. The Kier molecular flexibility index (Phi) is 7.31. The van der Waals surface area contributed by atoms with Crippen molar-refractivity contribution in [2.75, 3.05) is 18.8 Å². The molecule has 1 saturated heterocycles. The van der Waals surface area contributed by atoms with Crippen molar-refractivity contribution in [3.05, 3.63) is 35.9 Å². The van der Waals surface area contributed by atoms with Crippen LogP contribution < -0.4 is 0 Å². The molecule has 1 amide bonds. The Labute approximate surface area is 139 Å². The Balaban J connectivity index is 1.95. The van der Waals surface area contributed by atoms with Crippen LogP contribution in [0.25, 0.3) is 0 Å². The molecule has 2 nitrogen and oxygen atoms in total. The van der Waals surface area contributed by atoms with Crippen LogP contribution in [0.3, 0.4) is 0 Å². The molecule has 22 heavy (non-hydrogen) atoms. The number of thioether (sulfide) groups is 1. The van der Waals surface area contributed by atoms with Gasteiger partial charge in [-0.2, -0.15) is 11.8 Å². The van der Waals surface area contributed by atoms with Gasteiger partial charge in [0.25, 0.3) is 0 Å². The second-order valence-electron chi connectivity index (χ2n) is 6.16. The molecule has 122 valence electrons. The van der Waals surface area contributed by atoms with Crippen molar-refractivity contribution in [1.29, 1.82) is 0 Å². The minimum Gasteiger partial charge on any atom is -0.342 e. The molecule has 1 aliphatic heterocycles. The fraction of sp³-hybridized carbons (Fsp3) is 0.632. The maximum Gasteiger partial charge on any atom is 0.225 e. The van der Waals surface area contributed by atoms with E-state index in [1.165, 1.54) is 5.56 Å². The first-order valence-electron chi connectivity index (χ1n) is 8.71. The van der Waals surface area contributed by atoms with Crippen molar-refractivity contribution in [2.24, 2.45) is 5.92 Å². The van der Waals surface area contributed by atoms with E-state index in [2.05, 4.69) is 49.1 Å². The molecule has 1 unspecified atom stereocenters. The third kappa shape index (κ3) is 4.77. The molecule has 0 bridgehead atoms. The first-order chi connectivity index (χ1) is 10.8. The molecule has 0 aromatic heterocycles. The standard InChI is InChI=1S/C19H29NOS/c1-3-8-17(9-4-2)19(21)20-13-12-18(22-15-14-20)16-10-6-5-7-11-16/h5-7,10-11,17-18H,3-4,8-9,12-15H2,1-2H3. The lowest BCUT2D eigenvalue weighted by Crippen LogP contribution is -2.37. The maximum absolute atomic E-state index is 12.8. The molecular weight excluding hydrogens is 290 g/mol. The summed E-state index contributed by atoms with van der Waals surface area (Å²) in [6.45, 7) is 6.19. The molecule has 3 heteroatoms. The number of carbonyl (C=O) groups excluding carboxylic acids is 1. The summed E-state index contributed by atoms with van der Waals surface area (Å²) in [5, 5.41) is 0.537. The Hall–Kier alpha value is -0.960. The number of rotatable bonds is 6. The van der Waals surface area contributed by atoms with Crippen LogP contribution in [0.1, 0.15) is 56.8 Å². The van der Waals surface area contributed by atoms with E-state index in [1.54, 1.807) is 0 Å². The van der Waals surface area contributed by atoms with E-state index >= 15 is 0 Å². The predicted molar refractivity (Wildman–Crippen MR) is 96.1 cm³/mol. The average molecular weight is 320 g/mol. The van der Waals surface area contributed by atoms with E-state index in [0.717, 1.165) is 50.9 Å². The molecular formula is C19H29NOS. The number of hydrogen-bond donors (Lipinski definition) is 0. The van der Waals surface area contributed by atoms with E-state index in [-0.39, 0.29) is 5.92 Å². The molecule has 0 aliphatic carbocycles. The average Bonchev–Trinajstić information content (AvgIpc) is 2.81. The predicted octanol–water partition coefficient (Wildman–Crippen LogP) is 4.91. The Morgan fingerprint density at radius 3 is 2.50 bits per heavy atom. The number of benzene rings is 1. The minimum absolute atomic E-state index is 0.244. The monoisotopic (exact) mass is 319 g/mol. The van der Waals surface area contributed by atoms with Gasteiger partial charge in [0.1, 0.15) is 0 Å². The van der Waals surface area contributed by atoms with Gasteiger partial charge in [-0.25, -0.2) is 0 Å². The van der Waals surface area contributed by atoms with E-state index in [4.69, 9.17) is 0 Å². The first-order valence-corrected chi connectivity index (χ1v) is 9.76. The summed E-state index contributed by atoms with van der Waals surface area (Å²) in [7, 11) is 0. The summed E-state index contributed by atoms with van der Waals surface area (Å²) in [5.41, 5.74) is 1.40. The molecule has 0 N–H and O–H groups in total. The van der Waals surface area contributed by atoms with Crippen LogP contribution in [0.4, 0.5) is 0 Å². The summed E-state index contributed by atoms with van der Waals surface area (Å²) < 4.78 is 0. The van der Waals surface area contributed by atoms with Gasteiger partial charge in [-0.05, 0) is 24.8 Å². The minimum atomic E-state index is 0.244. The highest BCUT2D eigenvalue weighted by molar-refractivity contribution is 7.99. The summed E-state index contributed by atoms with van der Waals surface area (Å²) in [5.74, 6) is 1.70. The topological polar surface area (TPSA) is 20.3 Å². The van der Waals surface area contributed by atoms with Crippen LogP contribution in [0.15, 0.2) is 30.3 Å². The van der Waals surface area contributed by atoms with Crippen LogP contribution >= 0.6 is 11.8 Å². The molecule has 1 atom stereocenters. The SMILES string of the molecule is CCCC(CCC)C(=O)N1CCSC(c2ccccc2)CC1. The van der Waals surface area contributed by atoms with Gasteiger partial charge >= 0.3 is 0 Å². The van der Waals surface area contributed by atoms with Crippen molar-refractivity contribution in [3.63, 3.8) is 0 Å². The molecule has 1 aromatic rings. The zero-order chi connectivity index (χ0) is 15.8. The quantitative estimate of drug-likeness (QED) is 0.742. The molecule has 1 aromatic carbocycles. The van der Waals surface area contributed by atoms with Gasteiger partial charge in [0.05, 0.1) is 0 Å². The third-order valence-electron chi connectivity index (χ3n) is 4.45. The number of amides is 1. The van der Waals surface area contributed by atoms with Crippen LogP contribution in [0.2, 0.25) is 0 Å². The van der Waals surface area contributed by atoms with Crippen molar-refractivity contribution in [1.82, 2.24) is 4.90 Å². The normalized spacial score (nSPS) is 19.2. The molecule has 2 rings (SSSR count). The van der Waals surface area contributed by atoms with Gasteiger partial charge in [0.2, 0.25) is 5.91 Å². The van der Waals surface area contributed by atoms with Crippen LogP contribution in [-0.2, 0) is 4.79 Å². The largest absolute Gasteiger partial charge is 0.342 e. The second-order valence-corrected chi connectivity index (χ2v) is 7.47. The van der Waals surface area contributed by atoms with E-state index in [1.807, 2.05) is 11.8 Å². The van der Waals surface area contributed by atoms with E-state index in [9.17, 15) is 4.79 Å². The third-order valence-corrected chi connectivity index (χ3v) is 5.78. The molecule has 0 spiro atoms. The van der Waals surface area contributed by atoms with Crippen molar-refractivity contribution in [2.45, 2.75) is 51.2 Å². The summed E-state index contributed by atoms with van der Waals surface area (Å²) >= 11 is 2.00. The molecule has 0 radical (unpaired) electrons. The summed E-state index contributed by atoms with van der Waals surface area (Å²) in [6, 6.07) is 10.7. The van der Waals surface area contributed by atoms with Crippen molar-refractivity contribution < 1.29 is 4.79 Å². The Morgan fingerprint density at radius 2 is 1.86 bits per heavy atom. The molecule has 1 aliphatic rings. The van der Waals surface area contributed by atoms with Crippen LogP contribution in [-0.4, -0.2) is 29.6 Å². The number of nitrogens with zero attached hydrogens (tertiary/aromatic N) is 1.